The highest BCUT2D eigenvalue weighted by Gasteiger charge is 2.30. The summed E-state index contributed by atoms with van der Waals surface area (Å²) in [5.74, 6) is 2.79. The summed E-state index contributed by atoms with van der Waals surface area (Å²) in [5.41, 5.74) is 0. The Labute approximate surface area is 132 Å². The van der Waals surface area contributed by atoms with Gasteiger partial charge in [-0.2, -0.15) is 0 Å². The van der Waals surface area contributed by atoms with Crippen molar-refractivity contribution in [1.29, 1.82) is 0 Å². The summed E-state index contributed by atoms with van der Waals surface area (Å²) in [6.45, 7) is 9.62. The molecule has 0 bridgehead atoms. The number of sulfone groups is 1. The van der Waals surface area contributed by atoms with Crippen LogP contribution in [-0.4, -0.2) is 32.5 Å². The molecule has 0 spiro atoms. The fraction of sp³-hybridized carbons (Fsp3) is 1.00. The molecule has 21 heavy (non-hydrogen) atoms. The predicted octanol–water partition coefficient (Wildman–Crippen LogP) is 3.64. The third-order valence-corrected chi connectivity index (χ3v) is 6.82. The molecule has 0 aliphatic heterocycles. The highest BCUT2D eigenvalue weighted by molar-refractivity contribution is 7.91. The standard InChI is InChI=1S/C17H35NO2S/c1-5-10-21(19,20)11-9-16-12-15(6-2)7-8-17(16)13-18-14(3)4/h14-18H,5-13H2,1-4H3. The van der Waals surface area contributed by atoms with Crippen LogP contribution in [0.1, 0.15) is 66.2 Å². The lowest BCUT2D eigenvalue weighted by Gasteiger charge is -2.36. The first-order chi connectivity index (χ1) is 9.88. The Balaban J connectivity index is 2.57. The Morgan fingerprint density at radius 3 is 2.38 bits per heavy atom. The lowest BCUT2D eigenvalue weighted by atomic mass is 9.72. The Hall–Kier alpha value is -0.0900. The van der Waals surface area contributed by atoms with Gasteiger partial charge in [0.25, 0.3) is 0 Å². The third kappa shape index (κ3) is 7.14. The van der Waals surface area contributed by atoms with Gasteiger partial charge in [0.2, 0.25) is 0 Å². The second-order valence-electron chi connectivity index (χ2n) is 7.11. The molecule has 0 amide bonds. The number of hydrogen-bond acceptors (Lipinski definition) is 3. The van der Waals surface area contributed by atoms with Crippen molar-refractivity contribution >= 4 is 9.84 Å². The SMILES string of the molecule is CCCS(=O)(=O)CCC1CC(CC)CCC1CNC(C)C. The zero-order valence-electron chi connectivity index (χ0n) is 14.4. The van der Waals surface area contributed by atoms with Crippen molar-refractivity contribution in [1.82, 2.24) is 5.32 Å². The van der Waals surface area contributed by atoms with E-state index in [-0.39, 0.29) is 0 Å². The van der Waals surface area contributed by atoms with Gasteiger partial charge in [-0.05, 0) is 50.0 Å². The predicted molar refractivity (Wildman–Crippen MR) is 91.3 cm³/mol. The van der Waals surface area contributed by atoms with E-state index in [4.69, 9.17) is 0 Å². The van der Waals surface area contributed by atoms with Crippen molar-refractivity contribution in [3.63, 3.8) is 0 Å². The summed E-state index contributed by atoms with van der Waals surface area (Å²) in [7, 11) is -2.83. The van der Waals surface area contributed by atoms with Crippen LogP contribution in [0.5, 0.6) is 0 Å². The van der Waals surface area contributed by atoms with Crippen LogP contribution in [0.3, 0.4) is 0 Å². The first-order valence-electron chi connectivity index (χ1n) is 8.81. The van der Waals surface area contributed by atoms with Crippen LogP contribution in [0.25, 0.3) is 0 Å². The van der Waals surface area contributed by atoms with Crippen molar-refractivity contribution in [3.8, 4) is 0 Å². The number of rotatable bonds is 9. The molecular weight excluding hydrogens is 282 g/mol. The monoisotopic (exact) mass is 317 g/mol. The molecular formula is C17H35NO2S. The fourth-order valence-corrected chi connectivity index (χ4v) is 5.04. The van der Waals surface area contributed by atoms with E-state index >= 15 is 0 Å². The molecule has 126 valence electrons. The van der Waals surface area contributed by atoms with Crippen molar-refractivity contribution in [2.45, 2.75) is 72.3 Å². The average molecular weight is 318 g/mol. The normalized spacial score (nSPS) is 27.2. The Morgan fingerprint density at radius 1 is 1.10 bits per heavy atom. The zero-order valence-corrected chi connectivity index (χ0v) is 15.2. The van der Waals surface area contributed by atoms with Gasteiger partial charge in [0.05, 0.1) is 5.75 Å². The summed E-state index contributed by atoms with van der Waals surface area (Å²) >= 11 is 0. The van der Waals surface area contributed by atoms with E-state index in [1.54, 1.807) is 0 Å². The maximum atomic E-state index is 12.0. The molecule has 0 saturated heterocycles. The van der Waals surface area contributed by atoms with Gasteiger partial charge >= 0.3 is 0 Å². The van der Waals surface area contributed by atoms with Crippen molar-refractivity contribution in [2.24, 2.45) is 17.8 Å². The first-order valence-corrected chi connectivity index (χ1v) is 10.6. The molecule has 0 radical (unpaired) electrons. The molecule has 0 aromatic heterocycles. The van der Waals surface area contributed by atoms with E-state index in [0.717, 1.165) is 25.3 Å². The molecule has 1 aliphatic carbocycles. The molecule has 0 aromatic rings. The van der Waals surface area contributed by atoms with E-state index in [1.165, 1.54) is 25.7 Å². The molecule has 1 N–H and O–H groups in total. The Morgan fingerprint density at radius 2 is 1.81 bits per heavy atom. The highest BCUT2D eigenvalue weighted by atomic mass is 32.2. The molecule has 1 aliphatic rings. The second-order valence-corrected chi connectivity index (χ2v) is 9.41. The van der Waals surface area contributed by atoms with Gasteiger partial charge in [-0.1, -0.05) is 40.5 Å². The molecule has 3 atom stereocenters. The van der Waals surface area contributed by atoms with Crippen LogP contribution in [-0.2, 0) is 9.84 Å². The average Bonchev–Trinajstić information content (AvgIpc) is 2.43. The van der Waals surface area contributed by atoms with Crippen LogP contribution in [0, 0.1) is 17.8 Å². The van der Waals surface area contributed by atoms with Crippen molar-refractivity contribution in [3.05, 3.63) is 0 Å². The molecule has 4 heteroatoms. The summed E-state index contributed by atoms with van der Waals surface area (Å²) in [5, 5.41) is 3.55. The summed E-state index contributed by atoms with van der Waals surface area (Å²) in [6.07, 6.45) is 6.65. The molecule has 3 unspecified atom stereocenters. The van der Waals surface area contributed by atoms with Gasteiger partial charge in [0, 0.05) is 11.8 Å². The quantitative estimate of drug-likeness (QED) is 0.706. The van der Waals surface area contributed by atoms with E-state index in [1.807, 2.05) is 6.92 Å². The van der Waals surface area contributed by atoms with Gasteiger partial charge in [-0.25, -0.2) is 8.42 Å². The minimum absolute atomic E-state index is 0.353. The van der Waals surface area contributed by atoms with Crippen LogP contribution >= 0.6 is 0 Å². The maximum Gasteiger partial charge on any atom is 0.150 e. The summed E-state index contributed by atoms with van der Waals surface area (Å²) in [6, 6.07) is 0.512. The van der Waals surface area contributed by atoms with Crippen LogP contribution < -0.4 is 5.32 Å². The van der Waals surface area contributed by atoms with Gasteiger partial charge in [0.15, 0.2) is 0 Å². The summed E-state index contributed by atoms with van der Waals surface area (Å²) < 4.78 is 24.0. The minimum Gasteiger partial charge on any atom is -0.314 e. The molecule has 3 nitrogen and oxygen atoms in total. The van der Waals surface area contributed by atoms with E-state index in [0.29, 0.717) is 29.4 Å². The first kappa shape index (κ1) is 19.0. The summed E-state index contributed by atoms with van der Waals surface area (Å²) in [4.78, 5) is 0. The zero-order chi connectivity index (χ0) is 15.9. The molecule has 0 aromatic carbocycles. The van der Waals surface area contributed by atoms with Gasteiger partial charge in [0.1, 0.15) is 9.84 Å². The van der Waals surface area contributed by atoms with Crippen molar-refractivity contribution < 1.29 is 8.42 Å². The molecule has 1 rings (SSSR count). The van der Waals surface area contributed by atoms with E-state index < -0.39 is 9.84 Å². The second kappa shape index (κ2) is 9.14. The molecule has 1 saturated carbocycles. The van der Waals surface area contributed by atoms with Crippen LogP contribution in [0.2, 0.25) is 0 Å². The topological polar surface area (TPSA) is 46.2 Å². The van der Waals surface area contributed by atoms with Gasteiger partial charge in [-0.3, -0.25) is 0 Å². The van der Waals surface area contributed by atoms with Gasteiger partial charge in [-0.15, -0.1) is 0 Å². The third-order valence-electron chi connectivity index (χ3n) is 4.93. The Bertz CT molecular complexity index is 378. The largest absolute Gasteiger partial charge is 0.314 e. The molecule has 1 fully saturated rings. The van der Waals surface area contributed by atoms with Gasteiger partial charge < -0.3 is 5.32 Å². The minimum atomic E-state index is -2.83. The lowest BCUT2D eigenvalue weighted by molar-refractivity contribution is 0.166. The fourth-order valence-electron chi connectivity index (χ4n) is 3.55. The van der Waals surface area contributed by atoms with E-state index in [2.05, 4.69) is 26.1 Å². The lowest BCUT2D eigenvalue weighted by Crippen LogP contribution is -2.36. The maximum absolute atomic E-state index is 12.0. The van der Waals surface area contributed by atoms with Crippen LogP contribution in [0.4, 0.5) is 0 Å². The highest BCUT2D eigenvalue weighted by Crippen LogP contribution is 2.37. The Kier molecular flexibility index (Phi) is 8.25. The van der Waals surface area contributed by atoms with E-state index in [9.17, 15) is 8.42 Å². The number of nitrogens with one attached hydrogen (secondary N) is 1. The molecule has 0 heterocycles. The smallest absolute Gasteiger partial charge is 0.150 e. The van der Waals surface area contributed by atoms with Crippen molar-refractivity contribution in [2.75, 3.05) is 18.1 Å². The number of hydrogen-bond donors (Lipinski definition) is 1. The van der Waals surface area contributed by atoms with Crippen LogP contribution in [0.15, 0.2) is 0 Å².